The van der Waals surface area contributed by atoms with Crippen LogP contribution in [0.1, 0.15) is 5.56 Å². The number of benzene rings is 1. The van der Waals surface area contributed by atoms with E-state index >= 15 is 0 Å². The van der Waals surface area contributed by atoms with Crippen molar-refractivity contribution in [1.29, 1.82) is 0 Å². The molecule has 21 heavy (non-hydrogen) atoms. The average Bonchev–Trinajstić information content (AvgIpc) is 2.54. The highest BCUT2D eigenvalue weighted by molar-refractivity contribution is 7.99. The molecular formula is C15H15N3O2S. The van der Waals surface area contributed by atoms with Crippen LogP contribution in [0.2, 0.25) is 0 Å². The number of amides is 1. The van der Waals surface area contributed by atoms with Gasteiger partial charge in [-0.2, -0.15) is 0 Å². The van der Waals surface area contributed by atoms with Gasteiger partial charge in [-0.05, 0) is 5.56 Å². The fourth-order valence-corrected chi connectivity index (χ4v) is 3.30. The largest absolute Gasteiger partial charge is 0.352 e. The molecule has 1 aromatic carbocycles. The summed E-state index contributed by atoms with van der Waals surface area (Å²) < 4.78 is 1.57. The highest BCUT2D eigenvalue weighted by Gasteiger charge is 2.26. The summed E-state index contributed by atoms with van der Waals surface area (Å²) in [5, 5.41) is 3.62. The van der Waals surface area contributed by atoms with Crippen molar-refractivity contribution in [2.45, 2.75) is 18.2 Å². The molecule has 3 rings (SSSR count). The summed E-state index contributed by atoms with van der Waals surface area (Å²) in [4.78, 5) is 28.2. The van der Waals surface area contributed by atoms with Gasteiger partial charge in [-0.1, -0.05) is 42.1 Å². The van der Waals surface area contributed by atoms with E-state index in [4.69, 9.17) is 0 Å². The Morgan fingerprint density at radius 2 is 2.14 bits per heavy atom. The summed E-state index contributed by atoms with van der Waals surface area (Å²) in [6.07, 6.45) is 1.51. The van der Waals surface area contributed by atoms with Gasteiger partial charge in [0.05, 0.1) is 5.92 Å². The highest BCUT2D eigenvalue weighted by Crippen LogP contribution is 2.24. The Morgan fingerprint density at radius 3 is 2.95 bits per heavy atom. The summed E-state index contributed by atoms with van der Waals surface area (Å²) in [6.45, 7) is 0.908. The van der Waals surface area contributed by atoms with Crippen molar-refractivity contribution in [2.75, 3.05) is 5.75 Å². The molecule has 2 aromatic rings. The zero-order valence-electron chi connectivity index (χ0n) is 11.4. The minimum atomic E-state index is -0.201. The van der Waals surface area contributed by atoms with Gasteiger partial charge in [0.15, 0.2) is 5.16 Å². The number of nitrogens with one attached hydrogen (secondary N) is 1. The van der Waals surface area contributed by atoms with Gasteiger partial charge in [0.25, 0.3) is 5.56 Å². The normalized spacial score (nSPS) is 17.0. The molecule has 0 radical (unpaired) electrons. The van der Waals surface area contributed by atoms with Gasteiger partial charge in [-0.25, -0.2) is 4.98 Å². The number of carbonyl (C=O) groups excluding carboxylic acids is 1. The standard InChI is InChI=1S/C15H15N3O2S/c19-13-6-7-16-15-18(13)9-12(10-21-15)14(20)17-8-11-4-2-1-3-5-11/h1-7,12H,8-10H2,(H,17,20). The highest BCUT2D eigenvalue weighted by atomic mass is 32.2. The predicted molar refractivity (Wildman–Crippen MR) is 81.0 cm³/mol. The Bertz CT molecular complexity index is 700. The van der Waals surface area contributed by atoms with Crippen molar-refractivity contribution in [3.05, 3.63) is 58.5 Å². The zero-order chi connectivity index (χ0) is 14.7. The van der Waals surface area contributed by atoms with Crippen LogP contribution in [0.5, 0.6) is 0 Å². The van der Waals surface area contributed by atoms with Crippen LogP contribution in [0.4, 0.5) is 0 Å². The maximum absolute atomic E-state index is 12.2. The number of carbonyl (C=O) groups is 1. The molecule has 1 N–H and O–H groups in total. The Labute approximate surface area is 126 Å². The summed E-state index contributed by atoms with van der Waals surface area (Å²) in [7, 11) is 0. The van der Waals surface area contributed by atoms with Crippen molar-refractivity contribution in [3.63, 3.8) is 0 Å². The van der Waals surface area contributed by atoms with E-state index in [9.17, 15) is 9.59 Å². The number of hydrogen-bond acceptors (Lipinski definition) is 4. The van der Waals surface area contributed by atoms with E-state index < -0.39 is 0 Å². The van der Waals surface area contributed by atoms with E-state index in [-0.39, 0.29) is 17.4 Å². The van der Waals surface area contributed by atoms with Crippen LogP contribution in [0.3, 0.4) is 0 Å². The lowest BCUT2D eigenvalue weighted by atomic mass is 10.1. The van der Waals surface area contributed by atoms with Crippen LogP contribution in [0.15, 0.2) is 52.5 Å². The fourth-order valence-electron chi connectivity index (χ4n) is 2.24. The summed E-state index contributed by atoms with van der Waals surface area (Å²) in [5.41, 5.74) is 0.960. The second kappa shape index (κ2) is 6.13. The molecule has 1 aromatic heterocycles. The maximum Gasteiger partial charge on any atom is 0.254 e. The minimum Gasteiger partial charge on any atom is -0.352 e. The van der Waals surface area contributed by atoms with Crippen molar-refractivity contribution in [1.82, 2.24) is 14.9 Å². The van der Waals surface area contributed by atoms with Gasteiger partial charge in [-0.3, -0.25) is 14.2 Å². The van der Waals surface area contributed by atoms with E-state index in [1.807, 2.05) is 30.3 Å². The van der Waals surface area contributed by atoms with E-state index in [0.717, 1.165) is 5.56 Å². The molecule has 0 spiro atoms. The number of aromatic nitrogens is 2. The average molecular weight is 301 g/mol. The van der Waals surface area contributed by atoms with Crippen molar-refractivity contribution < 1.29 is 4.79 Å². The van der Waals surface area contributed by atoms with Gasteiger partial charge < -0.3 is 5.32 Å². The summed E-state index contributed by atoms with van der Waals surface area (Å²) >= 11 is 1.45. The number of hydrogen-bond donors (Lipinski definition) is 1. The van der Waals surface area contributed by atoms with Gasteiger partial charge in [0.2, 0.25) is 5.91 Å². The number of thioether (sulfide) groups is 1. The van der Waals surface area contributed by atoms with Gasteiger partial charge >= 0.3 is 0 Å². The molecular weight excluding hydrogens is 286 g/mol. The monoisotopic (exact) mass is 301 g/mol. The first-order valence-corrected chi connectivity index (χ1v) is 7.73. The Morgan fingerprint density at radius 1 is 1.33 bits per heavy atom. The zero-order valence-corrected chi connectivity index (χ0v) is 12.2. The van der Waals surface area contributed by atoms with E-state index in [0.29, 0.717) is 24.0 Å². The lowest BCUT2D eigenvalue weighted by Gasteiger charge is -2.23. The number of rotatable bonds is 3. The molecule has 5 nitrogen and oxygen atoms in total. The first-order valence-electron chi connectivity index (χ1n) is 6.74. The van der Waals surface area contributed by atoms with E-state index in [1.165, 1.54) is 24.0 Å². The lowest BCUT2D eigenvalue weighted by Crippen LogP contribution is -2.39. The molecule has 0 fully saturated rings. The lowest BCUT2D eigenvalue weighted by molar-refractivity contribution is -0.125. The van der Waals surface area contributed by atoms with E-state index in [2.05, 4.69) is 10.3 Å². The summed E-state index contributed by atoms with van der Waals surface area (Å²) in [5.74, 6) is 0.428. The van der Waals surface area contributed by atoms with Crippen LogP contribution in [0, 0.1) is 5.92 Å². The van der Waals surface area contributed by atoms with Gasteiger partial charge in [0, 0.05) is 31.1 Å². The number of nitrogens with zero attached hydrogens (tertiary/aromatic N) is 2. The van der Waals surface area contributed by atoms with Crippen molar-refractivity contribution >= 4 is 17.7 Å². The third-order valence-electron chi connectivity index (χ3n) is 3.40. The molecule has 2 heterocycles. The van der Waals surface area contributed by atoms with E-state index in [1.54, 1.807) is 4.57 Å². The van der Waals surface area contributed by atoms with Crippen LogP contribution in [-0.4, -0.2) is 21.2 Å². The Balaban J connectivity index is 1.64. The molecule has 0 saturated heterocycles. The molecule has 0 saturated carbocycles. The topological polar surface area (TPSA) is 64.0 Å². The molecule has 6 heteroatoms. The molecule has 0 bridgehead atoms. The Hall–Kier alpha value is -2.08. The molecule has 1 amide bonds. The fraction of sp³-hybridized carbons (Fsp3) is 0.267. The quantitative estimate of drug-likeness (QED) is 0.868. The molecule has 1 aliphatic heterocycles. The summed E-state index contributed by atoms with van der Waals surface area (Å²) in [6, 6.07) is 11.2. The second-order valence-corrected chi connectivity index (χ2v) is 5.87. The SMILES string of the molecule is O=C(NCc1ccccc1)C1CSc2nccc(=O)n2C1. The second-order valence-electron chi connectivity index (χ2n) is 4.89. The van der Waals surface area contributed by atoms with Crippen LogP contribution in [-0.2, 0) is 17.9 Å². The third kappa shape index (κ3) is 3.16. The minimum absolute atomic E-state index is 0.0206. The molecule has 1 atom stereocenters. The molecule has 1 aliphatic rings. The molecule has 1 unspecified atom stereocenters. The molecule has 108 valence electrons. The molecule has 0 aliphatic carbocycles. The van der Waals surface area contributed by atoms with Crippen LogP contribution in [0.25, 0.3) is 0 Å². The predicted octanol–water partition coefficient (Wildman–Crippen LogP) is 1.28. The first-order chi connectivity index (χ1) is 10.2. The number of fused-ring (bicyclic) bond motifs is 1. The van der Waals surface area contributed by atoms with Crippen molar-refractivity contribution in [3.8, 4) is 0 Å². The van der Waals surface area contributed by atoms with Crippen LogP contribution >= 0.6 is 11.8 Å². The smallest absolute Gasteiger partial charge is 0.254 e. The van der Waals surface area contributed by atoms with Crippen LogP contribution < -0.4 is 10.9 Å². The van der Waals surface area contributed by atoms with Gasteiger partial charge in [-0.15, -0.1) is 0 Å². The third-order valence-corrected chi connectivity index (χ3v) is 4.55. The first kappa shape index (κ1) is 13.9. The van der Waals surface area contributed by atoms with Crippen molar-refractivity contribution in [2.24, 2.45) is 5.92 Å². The maximum atomic E-state index is 12.2. The van der Waals surface area contributed by atoms with Gasteiger partial charge in [0.1, 0.15) is 0 Å². The Kier molecular flexibility index (Phi) is 4.06.